The van der Waals surface area contributed by atoms with E-state index in [0.717, 1.165) is 36.2 Å². The Labute approximate surface area is 97.7 Å². The number of nitrogen functional groups attached to an aromatic ring is 1. The number of nitrogens with two attached hydrogens (primary N) is 1. The fourth-order valence-electron chi connectivity index (χ4n) is 2.34. The van der Waals surface area contributed by atoms with Gasteiger partial charge >= 0.3 is 0 Å². The molecule has 0 amide bonds. The summed E-state index contributed by atoms with van der Waals surface area (Å²) in [6.07, 6.45) is 3.91. The second kappa shape index (κ2) is 4.73. The van der Waals surface area contributed by atoms with Gasteiger partial charge in [-0.05, 0) is 37.8 Å². The second-order valence-corrected chi connectivity index (χ2v) is 4.71. The first kappa shape index (κ1) is 11.2. The van der Waals surface area contributed by atoms with Crippen molar-refractivity contribution in [2.24, 2.45) is 5.92 Å². The van der Waals surface area contributed by atoms with E-state index < -0.39 is 0 Å². The fraction of sp³-hybridized carbons (Fsp3) is 0.615. The van der Waals surface area contributed by atoms with Crippen LogP contribution >= 0.6 is 0 Å². The lowest BCUT2D eigenvalue weighted by molar-refractivity contribution is 0.403. The zero-order chi connectivity index (χ0) is 11.5. The third-order valence-corrected chi connectivity index (χ3v) is 3.53. The van der Waals surface area contributed by atoms with Crippen molar-refractivity contribution in [3.8, 4) is 0 Å². The van der Waals surface area contributed by atoms with Gasteiger partial charge in [-0.2, -0.15) is 0 Å². The van der Waals surface area contributed by atoms with Crippen LogP contribution in [0.4, 0.5) is 11.5 Å². The molecule has 0 spiro atoms. The normalized spacial score (nSPS) is 21.1. The van der Waals surface area contributed by atoms with Gasteiger partial charge in [-0.1, -0.05) is 13.3 Å². The molecule has 0 aliphatic carbocycles. The van der Waals surface area contributed by atoms with Gasteiger partial charge < -0.3 is 10.6 Å². The van der Waals surface area contributed by atoms with E-state index >= 15 is 0 Å². The highest BCUT2D eigenvalue weighted by Crippen LogP contribution is 2.24. The Kier molecular flexibility index (Phi) is 3.32. The lowest BCUT2D eigenvalue weighted by atomic mass is 9.96. The summed E-state index contributed by atoms with van der Waals surface area (Å²) in [6.45, 7) is 6.52. The van der Waals surface area contributed by atoms with Gasteiger partial charge in [0.15, 0.2) is 0 Å². The zero-order valence-electron chi connectivity index (χ0n) is 10.2. The molecule has 2 N–H and O–H groups in total. The highest BCUT2D eigenvalue weighted by atomic mass is 15.2. The van der Waals surface area contributed by atoms with E-state index in [0.29, 0.717) is 0 Å². The third-order valence-electron chi connectivity index (χ3n) is 3.53. The Morgan fingerprint density at radius 2 is 2.31 bits per heavy atom. The Balaban J connectivity index is 2.13. The number of piperidine rings is 1. The van der Waals surface area contributed by atoms with E-state index in [1.54, 1.807) is 0 Å². The standard InChI is InChI=1S/C13H21N3/c1-3-11-5-4-8-16(9-11)13-7-6-12(14)10(2)15-13/h6-7,11H,3-5,8-9,14H2,1-2H3. The minimum atomic E-state index is 0.785. The minimum absolute atomic E-state index is 0.785. The highest BCUT2D eigenvalue weighted by molar-refractivity contribution is 5.50. The number of hydrogen-bond acceptors (Lipinski definition) is 3. The van der Waals surface area contributed by atoms with Gasteiger partial charge in [0, 0.05) is 13.1 Å². The molecule has 0 saturated carbocycles. The summed E-state index contributed by atoms with van der Waals surface area (Å²) in [4.78, 5) is 6.96. The van der Waals surface area contributed by atoms with Crippen LogP contribution in [0.3, 0.4) is 0 Å². The van der Waals surface area contributed by atoms with Crippen LogP contribution in [0, 0.1) is 12.8 Å². The Morgan fingerprint density at radius 1 is 1.50 bits per heavy atom. The number of rotatable bonds is 2. The monoisotopic (exact) mass is 219 g/mol. The smallest absolute Gasteiger partial charge is 0.128 e. The molecule has 1 unspecified atom stereocenters. The summed E-state index contributed by atoms with van der Waals surface area (Å²) < 4.78 is 0. The van der Waals surface area contributed by atoms with Crippen molar-refractivity contribution in [2.75, 3.05) is 23.7 Å². The van der Waals surface area contributed by atoms with Crippen LogP contribution in [-0.4, -0.2) is 18.1 Å². The molecule has 1 aromatic rings. The quantitative estimate of drug-likeness (QED) is 0.831. The molecule has 0 radical (unpaired) electrons. The summed E-state index contributed by atoms with van der Waals surface area (Å²) in [6, 6.07) is 4.01. The number of aromatic nitrogens is 1. The summed E-state index contributed by atoms with van der Waals surface area (Å²) in [5.41, 5.74) is 7.52. The van der Waals surface area contributed by atoms with Gasteiger partial charge in [0.1, 0.15) is 5.82 Å². The maximum Gasteiger partial charge on any atom is 0.128 e. The highest BCUT2D eigenvalue weighted by Gasteiger charge is 2.19. The number of nitrogens with zero attached hydrogens (tertiary/aromatic N) is 2. The van der Waals surface area contributed by atoms with Crippen molar-refractivity contribution >= 4 is 11.5 Å². The summed E-state index contributed by atoms with van der Waals surface area (Å²) in [7, 11) is 0. The van der Waals surface area contributed by atoms with E-state index in [2.05, 4.69) is 16.8 Å². The first-order chi connectivity index (χ1) is 7.70. The van der Waals surface area contributed by atoms with E-state index in [-0.39, 0.29) is 0 Å². The molecule has 1 saturated heterocycles. The molecular weight excluding hydrogens is 198 g/mol. The fourth-order valence-corrected chi connectivity index (χ4v) is 2.34. The lowest BCUT2D eigenvalue weighted by Crippen LogP contribution is -2.35. The summed E-state index contributed by atoms with van der Waals surface area (Å²) >= 11 is 0. The van der Waals surface area contributed by atoms with Crippen molar-refractivity contribution in [3.05, 3.63) is 17.8 Å². The van der Waals surface area contributed by atoms with Gasteiger partial charge in [0.25, 0.3) is 0 Å². The number of aryl methyl sites for hydroxylation is 1. The van der Waals surface area contributed by atoms with Crippen LogP contribution in [0.15, 0.2) is 12.1 Å². The molecule has 88 valence electrons. The van der Waals surface area contributed by atoms with Gasteiger partial charge in [-0.25, -0.2) is 4.98 Å². The van der Waals surface area contributed by atoms with Crippen molar-refractivity contribution in [3.63, 3.8) is 0 Å². The maximum atomic E-state index is 5.79. The molecule has 0 aromatic carbocycles. The van der Waals surface area contributed by atoms with E-state index in [4.69, 9.17) is 5.73 Å². The minimum Gasteiger partial charge on any atom is -0.397 e. The SMILES string of the molecule is CCC1CCCN(c2ccc(N)c(C)n2)C1. The largest absolute Gasteiger partial charge is 0.397 e. The average Bonchev–Trinajstić information content (AvgIpc) is 2.33. The molecular formula is C13H21N3. The molecule has 3 nitrogen and oxygen atoms in total. The van der Waals surface area contributed by atoms with E-state index in [1.807, 2.05) is 19.1 Å². The van der Waals surface area contributed by atoms with Gasteiger partial charge in [0.2, 0.25) is 0 Å². The van der Waals surface area contributed by atoms with Gasteiger partial charge in [-0.15, -0.1) is 0 Å². The lowest BCUT2D eigenvalue weighted by Gasteiger charge is -2.33. The number of anilines is 2. The zero-order valence-corrected chi connectivity index (χ0v) is 10.2. The molecule has 0 bridgehead atoms. The third kappa shape index (κ3) is 2.29. The average molecular weight is 219 g/mol. The van der Waals surface area contributed by atoms with Crippen LogP contribution in [-0.2, 0) is 0 Å². The number of pyridine rings is 1. The first-order valence-electron chi connectivity index (χ1n) is 6.18. The van der Waals surface area contributed by atoms with Crippen LogP contribution in [0.2, 0.25) is 0 Å². The van der Waals surface area contributed by atoms with E-state index in [1.165, 1.54) is 19.3 Å². The van der Waals surface area contributed by atoms with Crippen LogP contribution in [0.1, 0.15) is 31.9 Å². The van der Waals surface area contributed by atoms with Crippen molar-refractivity contribution < 1.29 is 0 Å². The molecule has 1 fully saturated rings. The van der Waals surface area contributed by atoms with Gasteiger partial charge in [-0.3, -0.25) is 0 Å². The molecule has 2 rings (SSSR count). The Hall–Kier alpha value is -1.25. The van der Waals surface area contributed by atoms with Crippen LogP contribution in [0.25, 0.3) is 0 Å². The van der Waals surface area contributed by atoms with Crippen molar-refractivity contribution in [1.82, 2.24) is 4.98 Å². The van der Waals surface area contributed by atoms with E-state index in [9.17, 15) is 0 Å². The van der Waals surface area contributed by atoms with Crippen molar-refractivity contribution in [2.45, 2.75) is 33.1 Å². The first-order valence-corrected chi connectivity index (χ1v) is 6.18. The molecule has 2 heterocycles. The van der Waals surface area contributed by atoms with Crippen molar-refractivity contribution in [1.29, 1.82) is 0 Å². The number of hydrogen-bond donors (Lipinski definition) is 1. The Bertz CT molecular complexity index is 362. The van der Waals surface area contributed by atoms with Crippen LogP contribution < -0.4 is 10.6 Å². The molecule has 16 heavy (non-hydrogen) atoms. The summed E-state index contributed by atoms with van der Waals surface area (Å²) in [5.74, 6) is 1.92. The molecule has 3 heteroatoms. The van der Waals surface area contributed by atoms with Gasteiger partial charge in [0.05, 0.1) is 11.4 Å². The maximum absolute atomic E-state index is 5.79. The molecule has 1 aliphatic rings. The summed E-state index contributed by atoms with van der Waals surface area (Å²) in [5, 5.41) is 0. The molecule has 1 atom stereocenters. The predicted molar refractivity (Wildman–Crippen MR) is 68.6 cm³/mol. The van der Waals surface area contributed by atoms with Crippen LogP contribution in [0.5, 0.6) is 0 Å². The molecule has 1 aliphatic heterocycles. The molecule has 1 aromatic heterocycles. The topological polar surface area (TPSA) is 42.1 Å². The Morgan fingerprint density at radius 3 is 3.00 bits per heavy atom. The predicted octanol–water partition coefficient (Wildman–Crippen LogP) is 2.60. The second-order valence-electron chi connectivity index (χ2n) is 4.71.